The molecular weight excluding hydrogens is 343 g/mol. The third-order valence-corrected chi connectivity index (χ3v) is 4.95. The predicted octanol–water partition coefficient (Wildman–Crippen LogP) is 3.43. The molecule has 1 N–H and O–H groups in total. The van der Waals surface area contributed by atoms with Gasteiger partial charge in [0.15, 0.2) is 5.78 Å². The van der Waals surface area contributed by atoms with Crippen molar-refractivity contribution in [3.05, 3.63) is 71.5 Å². The van der Waals surface area contributed by atoms with Gasteiger partial charge in [-0.1, -0.05) is 30.3 Å². The molecule has 0 saturated carbocycles. The summed E-state index contributed by atoms with van der Waals surface area (Å²) in [6.45, 7) is 3.61. The molecule has 0 aromatic heterocycles. The van der Waals surface area contributed by atoms with E-state index in [1.54, 1.807) is 0 Å². The lowest BCUT2D eigenvalue weighted by Gasteiger charge is -2.16. The minimum Gasteiger partial charge on any atom is -0.356 e. The number of amides is 1. The van der Waals surface area contributed by atoms with Crippen LogP contribution in [-0.2, 0) is 11.3 Å². The standard InChI is InChI=1S/C22H25FN2O2/c23-20-8-6-19(7-9-20)21(26)10-11-22(27)24-14-18-12-13-25(16-18)15-17-4-2-1-3-5-17/h1-9,18H,10-16H2,(H,24,27)/t18-/m1/s1. The number of ketones is 1. The van der Waals surface area contributed by atoms with E-state index in [1.807, 2.05) is 6.07 Å². The number of rotatable bonds is 8. The summed E-state index contributed by atoms with van der Waals surface area (Å²) in [6, 6.07) is 15.8. The van der Waals surface area contributed by atoms with E-state index in [1.165, 1.54) is 29.8 Å². The Labute approximate surface area is 159 Å². The SMILES string of the molecule is O=C(CCC(=O)c1ccc(F)cc1)NC[C@H]1CCN(Cc2ccccc2)C1. The van der Waals surface area contributed by atoms with Gasteiger partial charge in [0, 0.05) is 38.0 Å². The Bertz CT molecular complexity index is 762. The van der Waals surface area contributed by atoms with E-state index in [0.29, 0.717) is 18.0 Å². The molecule has 1 heterocycles. The Morgan fingerprint density at radius 2 is 1.78 bits per heavy atom. The molecule has 2 aromatic rings. The number of hydrogen-bond donors (Lipinski definition) is 1. The number of hydrogen-bond acceptors (Lipinski definition) is 3. The van der Waals surface area contributed by atoms with E-state index in [4.69, 9.17) is 0 Å². The van der Waals surface area contributed by atoms with Crippen molar-refractivity contribution < 1.29 is 14.0 Å². The van der Waals surface area contributed by atoms with Crippen LogP contribution >= 0.6 is 0 Å². The van der Waals surface area contributed by atoms with Gasteiger partial charge in [0.1, 0.15) is 5.82 Å². The van der Waals surface area contributed by atoms with Crippen molar-refractivity contribution in [2.24, 2.45) is 5.92 Å². The van der Waals surface area contributed by atoms with E-state index >= 15 is 0 Å². The zero-order valence-corrected chi connectivity index (χ0v) is 15.4. The van der Waals surface area contributed by atoms with Gasteiger partial charge >= 0.3 is 0 Å². The van der Waals surface area contributed by atoms with Gasteiger partial charge in [-0.25, -0.2) is 4.39 Å². The van der Waals surface area contributed by atoms with Crippen LogP contribution in [0.2, 0.25) is 0 Å². The molecule has 1 atom stereocenters. The van der Waals surface area contributed by atoms with Gasteiger partial charge in [0.05, 0.1) is 0 Å². The summed E-state index contributed by atoms with van der Waals surface area (Å²) in [5, 5.41) is 2.95. The van der Waals surface area contributed by atoms with Crippen LogP contribution in [0, 0.1) is 11.7 Å². The molecular formula is C22H25FN2O2. The molecule has 0 aliphatic carbocycles. The van der Waals surface area contributed by atoms with Gasteiger partial charge < -0.3 is 5.32 Å². The Hall–Kier alpha value is -2.53. The van der Waals surface area contributed by atoms with Gasteiger partial charge in [0.25, 0.3) is 0 Å². The second-order valence-corrected chi connectivity index (χ2v) is 7.11. The third-order valence-electron chi connectivity index (χ3n) is 4.95. The van der Waals surface area contributed by atoms with Gasteiger partial charge in [-0.2, -0.15) is 0 Å². The van der Waals surface area contributed by atoms with Gasteiger partial charge in [0.2, 0.25) is 5.91 Å². The summed E-state index contributed by atoms with van der Waals surface area (Å²) < 4.78 is 12.9. The Morgan fingerprint density at radius 3 is 2.52 bits per heavy atom. The van der Waals surface area contributed by atoms with Crippen LogP contribution in [0.3, 0.4) is 0 Å². The largest absolute Gasteiger partial charge is 0.356 e. The zero-order valence-electron chi connectivity index (χ0n) is 15.4. The van der Waals surface area contributed by atoms with Crippen LogP contribution in [0.1, 0.15) is 35.2 Å². The van der Waals surface area contributed by atoms with Crippen molar-refractivity contribution in [3.8, 4) is 0 Å². The van der Waals surface area contributed by atoms with E-state index in [-0.39, 0.29) is 30.3 Å². The number of nitrogens with one attached hydrogen (secondary N) is 1. The average Bonchev–Trinajstić information content (AvgIpc) is 3.13. The molecule has 5 heteroatoms. The molecule has 1 saturated heterocycles. The highest BCUT2D eigenvalue weighted by molar-refractivity contribution is 5.97. The lowest BCUT2D eigenvalue weighted by molar-refractivity contribution is -0.121. The smallest absolute Gasteiger partial charge is 0.220 e. The average molecular weight is 368 g/mol. The minimum absolute atomic E-state index is 0.105. The number of Topliss-reactive ketones (excluding diaryl/α,β-unsaturated/α-hetero) is 1. The summed E-state index contributed by atoms with van der Waals surface area (Å²) in [6.07, 6.45) is 1.38. The summed E-state index contributed by atoms with van der Waals surface area (Å²) in [5.74, 6) is -0.167. The van der Waals surface area contributed by atoms with Crippen LogP contribution in [0.4, 0.5) is 4.39 Å². The summed E-state index contributed by atoms with van der Waals surface area (Å²) in [4.78, 5) is 26.5. The zero-order chi connectivity index (χ0) is 19.1. The van der Waals surface area contributed by atoms with Crippen LogP contribution < -0.4 is 5.32 Å². The fraction of sp³-hybridized carbons (Fsp3) is 0.364. The van der Waals surface area contributed by atoms with Gasteiger partial charge in [-0.05, 0) is 48.7 Å². The molecule has 0 spiro atoms. The van der Waals surface area contributed by atoms with Crippen molar-refractivity contribution in [1.82, 2.24) is 10.2 Å². The first-order chi connectivity index (χ1) is 13.1. The Balaban J connectivity index is 1.34. The first-order valence-electron chi connectivity index (χ1n) is 9.42. The van der Waals surface area contributed by atoms with Crippen molar-refractivity contribution in [3.63, 3.8) is 0 Å². The lowest BCUT2D eigenvalue weighted by Crippen LogP contribution is -2.31. The first kappa shape index (κ1) is 19.2. The fourth-order valence-corrected chi connectivity index (χ4v) is 3.42. The van der Waals surface area contributed by atoms with Crippen LogP contribution in [0.15, 0.2) is 54.6 Å². The summed E-state index contributed by atoms with van der Waals surface area (Å²) in [7, 11) is 0. The van der Waals surface area contributed by atoms with E-state index in [9.17, 15) is 14.0 Å². The number of benzene rings is 2. The van der Waals surface area contributed by atoms with Gasteiger partial charge in [-0.3, -0.25) is 14.5 Å². The Morgan fingerprint density at radius 1 is 1.04 bits per heavy atom. The quantitative estimate of drug-likeness (QED) is 0.727. The number of carbonyl (C=O) groups excluding carboxylic acids is 2. The second-order valence-electron chi connectivity index (χ2n) is 7.11. The highest BCUT2D eigenvalue weighted by Gasteiger charge is 2.22. The summed E-state index contributed by atoms with van der Waals surface area (Å²) in [5.41, 5.74) is 1.75. The van der Waals surface area contributed by atoms with Crippen molar-refractivity contribution in [2.75, 3.05) is 19.6 Å². The van der Waals surface area contributed by atoms with Crippen LogP contribution in [-0.4, -0.2) is 36.2 Å². The molecule has 27 heavy (non-hydrogen) atoms. The number of carbonyl (C=O) groups is 2. The highest BCUT2D eigenvalue weighted by Crippen LogP contribution is 2.18. The molecule has 4 nitrogen and oxygen atoms in total. The number of nitrogens with zero attached hydrogens (tertiary/aromatic N) is 1. The maximum Gasteiger partial charge on any atom is 0.220 e. The molecule has 0 radical (unpaired) electrons. The van der Waals surface area contributed by atoms with Crippen molar-refractivity contribution in [1.29, 1.82) is 0 Å². The molecule has 1 fully saturated rings. The lowest BCUT2D eigenvalue weighted by atomic mass is 10.1. The third kappa shape index (κ3) is 6.00. The van der Waals surface area contributed by atoms with Crippen molar-refractivity contribution in [2.45, 2.75) is 25.8 Å². The first-order valence-corrected chi connectivity index (χ1v) is 9.42. The molecule has 1 aliphatic rings. The molecule has 0 bridgehead atoms. The topological polar surface area (TPSA) is 49.4 Å². The maximum atomic E-state index is 12.9. The van der Waals surface area contributed by atoms with Crippen LogP contribution in [0.25, 0.3) is 0 Å². The molecule has 0 unspecified atom stereocenters. The fourth-order valence-electron chi connectivity index (χ4n) is 3.42. The molecule has 1 amide bonds. The number of halogens is 1. The minimum atomic E-state index is -0.373. The molecule has 3 rings (SSSR count). The van der Waals surface area contributed by atoms with Gasteiger partial charge in [-0.15, -0.1) is 0 Å². The van der Waals surface area contributed by atoms with E-state index in [0.717, 1.165) is 26.1 Å². The number of likely N-dealkylation sites (tertiary alicyclic amines) is 1. The van der Waals surface area contributed by atoms with Crippen LogP contribution in [0.5, 0.6) is 0 Å². The molecule has 2 aromatic carbocycles. The normalized spacial score (nSPS) is 17.0. The van der Waals surface area contributed by atoms with Crippen molar-refractivity contribution >= 4 is 11.7 Å². The molecule has 142 valence electrons. The summed E-state index contributed by atoms with van der Waals surface area (Å²) >= 11 is 0. The van der Waals surface area contributed by atoms with E-state index in [2.05, 4.69) is 34.5 Å². The highest BCUT2D eigenvalue weighted by atomic mass is 19.1. The second kappa shape index (κ2) is 9.42. The predicted molar refractivity (Wildman–Crippen MR) is 103 cm³/mol. The van der Waals surface area contributed by atoms with E-state index < -0.39 is 0 Å². The monoisotopic (exact) mass is 368 g/mol. The molecule has 1 aliphatic heterocycles. The maximum absolute atomic E-state index is 12.9. The Kier molecular flexibility index (Phi) is 6.71.